The molecule has 1 aromatic rings. The molecule has 1 heterocycles. The summed E-state index contributed by atoms with van der Waals surface area (Å²) < 4.78 is 58.9. The Kier molecular flexibility index (Phi) is 2.45. The summed E-state index contributed by atoms with van der Waals surface area (Å²) >= 11 is 3.92. The summed E-state index contributed by atoms with van der Waals surface area (Å²) in [4.78, 5) is 0. The molecule has 7 heteroatoms. The van der Waals surface area contributed by atoms with Crippen LogP contribution in [0.15, 0.2) is 18.2 Å². The van der Waals surface area contributed by atoms with Gasteiger partial charge in [-0.2, -0.15) is 30.2 Å². The third-order valence-electron chi connectivity index (χ3n) is 2.01. The number of thiol groups is 1. The zero-order valence-corrected chi connectivity index (χ0v) is 8.61. The molecule has 0 aliphatic carbocycles. The standard InChI is InChI=1S/C9H6F4O2S/c10-8(11)9(12,13)15-7-3-5(4-16)1-2-6(7)14-8/h1-3,16H,4H2. The maximum atomic E-state index is 12.8. The summed E-state index contributed by atoms with van der Waals surface area (Å²) in [5.74, 6) is -0.553. The number of benzene rings is 1. The fourth-order valence-electron chi connectivity index (χ4n) is 1.21. The van der Waals surface area contributed by atoms with Crippen LogP contribution < -0.4 is 9.47 Å². The van der Waals surface area contributed by atoms with Crippen molar-refractivity contribution in [2.75, 3.05) is 0 Å². The number of hydrogen-bond acceptors (Lipinski definition) is 3. The van der Waals surface area contributed by atoms with E-state index in [4.69, 9.17) is 0 Å². The molecule has 16 heavy (non-hydrogen) atoms. The Morgan fingerprint density at radius 2 is 1.56 bits per heavy atom. The lowest BCUT2D eigenvalue weighted by atomic mass is 10.2. The van der Waals surface area contributed by atoms with E-state index in [0.29, 0.717) is 5.56 Å². The van der Waals surface area contributed by atoms with E-state index in [2.05, 4.69) is 22.1 Å². The van der Waals surface area contributed by atoms with Gasteiger partial charge in [-0.25, -0.2) is 0 Å². The van der Waals surface area contributed by atoms with Crippen LogP contribution >= 0.6 is 12.6 Å². The van der Waals surface area contributed by atoms with Gasteiger partial charge < -0.3 is 9.47 Å². The predicted molar refractivity (Wildman–Crippen MR) is 50.3 cm³/mol. The summed E-state index contributed by atoms with van der Waals surface area (Å²) in [7, 11) is 0. The van der Waals surface area contributed by atoms with Gasteiger partial charge in [-0.05, 0) is 17.7 Å². The molecule has 1 aromatic carbocycles. The van der Waals surface area contributed by atoms with Crippen molar-refractivity contribution < 1.29 is 27.0 Å². The fourth-order valence-corrected chi connectivity index (χ4v) is 1.41. The Hall–Kier alpha value is -1.11. The molecule has 1 aliphatic heterocycles. The Labute approximate surface area is 93.6 Å². The highest BCUT2D eigenvalue weighted by Gasteiger charge is 2.65. The van der Waals surface area contributed by atoms with Crippen LogP contribution in [-0.4, -0.2) is 12.2 Å². The van der Waals surface area contributed by atoms with Crippen molar-refractivity contribution in [3.63, 3.8) is 0 Å². The molecule has 0 saturated heterocycles. The highest BCUT2D eigenvalue weighted by atomic mass is 32.1. The summed E-state index contributed by atoms with van der Waals surface area (Å²) in [6, 6.07) is 3.77. The molecule has 0 N–H and O–H groups in total. The number of alkyl halides is 4. The van der Waals surface area contributed by atoms with Crippen LogP contribution in [0.3, 0.4) is 0 Å². The van der Waals surface area contributed by atoms with Crippen molar-refractivity contribution in [1.82, 2.24) is 0 Å². The average Bonchev–Trinajstić information content (AvgIpc) is 2.18. The Bertz CT molecular complexity index is 422. The lowest BCUT2D eigenvalue weighted by Gasteiger charge is -2.31. The molecule has 88 valence electrons. The lowest BCUT2D eigenvalue weighted by molar-refractivity contribution is -0.391. The molecule has 0 aromatic heterocycles. The van der Waals surface area contributed by atoms with E-state index in [9.17, 15) is 17.6 Å². The Balaban J connectivity index is 2.43. The smallest absolute Gasteiger partial charge is 0.421 e. The molecular weight excluding hydrogens is 248 g/mol. The molecular formula is C9H6F4O2S. The second kappa shape index (κ2) is 3.44. The van der Waals surface area contributed by atoms with Crippen LogP contribution in [0.2, 0.25) is 0 Å². The molecule has 0 amide bonds. The van der Waals surface area contributed by atoms with E-state index < -0.39 is 23.7 Å². The minimum Gasteiger partial charge on any atom is -0.421 e. The molecule has 0 saturated carbocycles. The highest BCUT2D eigenvalue weighted by molar-refractivity contribution is 7.79. The molecule has 2 rings (SSSR count). The minimum absolute atomic E-state index is 0.276. The second-order valence-electron chi connectivity index (χ2n) is 3.18. The normalized spacial score (nSPS) is 20.6. The van der Waals surface area contributed by atoms with Gasteiger partial charge in [-0.3, -0.25) is 0 Å². The third kappa shape index (κ3) is 1.68. The van der Waals surface area contributed by atoms with Crippen LogP contribution in [0.1, 0.15) is 5.56 Å². The largest absolute Gasteiger partial charge is 0.507 e. The number of halogens is 4. The molecule has 0 bridgehead atoms. The van der Waals surface area contributed by atoms with Crippen molar-refractivity contribution in [3.05, 3.63) is 23.8 Å². The number of rotatable bonds is 1. The van der Waals surface area contributed by atoms with Gasteiger partial charge in [0.2, 0.25) is 0 Å². The van der Waals surface area contributed by atoms with Crippen molar-refractivity contribution in [1.29, 1.82) is 0 Å². The van der Waals surface area contributed by atoms with Crippen LogP contribution in [0.5, 0.6) is 11.5 Å². The van der Waals surface area contributed by atoms with Crippen LogP contribution in [0.4, 0.5) is 17.6 Å². The highest BCUT2D eigenvalue weighted by Crippen LogP contribution is 2.46. The van der Waals surface area contributed by atoms with E-state index in [0.717, 1.165) is 6.07 Å². The van der Waals surface area contributed by atoms with Crippen molar-refractivity contribution in [3.8, 4) is 11.5 Å². The number of hydrogen-bond donors (Lipinski definition) is 1. The van der Waals surface area contributed by atoms with E-state index in [1.807, 2.05) is 0 Å². The summed E-state index contributed by atoms with van der Waals surface area (Å²) in [5.41, 5.74) is 0.562. The molecule has 1 aliphatic rings. The average molecular weight is 254 g/mol. The molecule has 0 atom stereocenters. The molecule has 0 fully saturated rings. The number of ether oxygens (including phenoxy) is 2. The van der Waals surface area contributed by atoms with Gasteiger partial charge in [0.05, 0.1) is 0 Å². The Morgan fingerprint density at radius 3 is 2.12 bits per heavy atom. The van der Waals surface area contributed by atoms with Gasteiger partial charge in [0, 0.05) is 5.75 Å². The SMILES string of the molecule is FC1(F)Oc2ccc(CS)cc2OC1(F)F. The summed E-state index contributed by atoms with van der Waals surface area (Å²) in [5, 5.41) is 0. The second-order valence-corrected chi connectivity index (χ2v) is 3.49. The molecule has 0 unspecified atom stereocenters. The quantitative estimate of drug-likeness (QED) is 0.613. The van der Waals surface area contributed by atoms with Gasteiger partial charge in [-0.15, -0.1) is 0 Å². The maximum absolute atomic E-state index is 12.8. The van der Waals surface area contributed by atoms with E-state index in [-0.39, 0.29) is 5.75 Å². The van der Waals surface area contributed by atoms with Gasteiger partial charge >= 0.3 is 12.2 Å². The van der Waals surface area contributed by atoms with E-state index in [1.165, 1.54) is 12.1 Å². The first-order valence-corrected chi connectivity index (χ1v) is 4.86. The first-order chi connectivity index (χ1) is 7.36. The molecule has 2 nitrogen and oxygen atoms in total. The molecule has 0 spiro atoms. The summed E-state index contributed by atoms with van der Waals surface area (Å²) in [6.07, 6.45) is -9.34. The third-order valence-corrected chi connectivity index (χ3v) is 2.37. The topological polar surface area (TPSA) is 18.5 Å². The van der Waals surface area contributed by atoms with Gasteiger partial charge in [0.15, 0.2) is 11.5 Å². The molecule has 0 radical (unpaired) electrons. The van der Waals surface area contributed by atoms with Gasteiger partial charge in [0.25, 0.3) is 0 Å². The zero-order chi connectivity index (χ0) is 12.0. The first kappa shape index (κ1) is 11.4. The van der Waals surface area contributed by atoms with E-state index >= 15 is 0 Å². The fraction of sp³-hybridized carbons (Fsp3) is 0.333. The minimum atomic E-state index is -4.67. The predicted octanol–water partition coefficient (Wildman–Crippen LogP) is 3.07. The zero-order valence-electron chi connectivity index (χ0n) is 7.71. The van der Waals surface area contributed by atoms with Crippen molar-refractivity contribution in [2.45, 2.75) is 18.0 Å². The number of fused-ring (bicyclic) bond motifs is 1. The van der Waals surface area contributed by atoms with Crippen LogP contribution in [0, 0.1) is 0 Å². The lowest BCUT2D eigenvalue weighted by Crippen LogP contribution is -2.52. The van der Waals surface area contributed by atoms with Crippen LogP contribution in [0.25, 0.3) is 0 Å². The maximum Gasteiger partial charge on any atom is 0.507 e. The monoisotopic (exact) mass is 254 g/mol. The van der Waals surface area contributed by atoms with Crippen LogP contribution in [-0.2, 0) is 5.75 Å². The summed E-state index contributed by atoms with van der Waals surface area (Å²) in [6.45, 7) is 0. The first-order valence-electron chi connectivity index (χ1n) is 4.23. The van der Waals surface area contributed by atoms with Crippen molar-refractivity contribution in [2.24, 2.45) is 0 Å². The van der Waals surface area contributed by atoms with Gasteiger partial charge in [-0.1, -0.05) is 6.07 Å². The Morgan fingerprint density at radius 1 is 1.00 bits per heavy atom. The van der Waals surface area contributed by atoms with Gasteiger partial charge in [0.1, 0.15) is 0 Å². The van der Waals surface area contributed by atoms with E-state index in [1.54, 1.807) is 0 Å². The van der Waals surface area contributed by atoms with Crippen molar-refractivity contribution >= 4 is 12.6 Å².